The van der Waals surface area contributed by atoms with E-state index in [9.17, 15) is 9.59 Å². The lowest BCUT2D eigenvalue weighted by Gasteiger charge is -2.20. The summed E-state index contributed by atoms with van der Waals surface area (Å²) in [6.07, 6.45) is 2.17. The van der Waals surface area contributed by atoms with Crippen LogP contribution in [0.4, 0.5) is 0 Å². The van der Waals surface area contributed by atoms with Crippen LogP contribution in [0.3, 0.4) is 0 Å². The van der Waals surface area contributed by atoms with E-state index < -0.39 is 5.63 Å². The lowest BCUT2D eigenvalue weighted by molar-refractivity contribution is -0.133. The Morgan fingerprint density at radius 2 is 2.10 bits per heavy atom. The number of likely N-dealkylation sites (N-methyl/N-ethyl adjacent to an activating group) is 1. The van der Waals surface area contributed by atoms with E-state index in [-0.39, 0.29) is 12.5 Å². The summed E-state index contributed by atoms with van der Waals surface area (Å²) in [5.74, 6) is 0.520. The number of fused-ring (bicyclic) bond motifs is 1. The van der Waals surface area contributed by atoms with Crippen LogP contribution in [-0.2, 0) is 4.79 Å². The zero-order valence-electron chi connectivity index (χ0n) is 11.9. The normalized spacial score (nSPS) is 14.1. The summed E-state index contributed by atoms with van der Waals surface area (Å²) in [5.41, 5.74) is 0.0589. The minimum absolute atomic E-state index is 0.00499. The molecule has 5 heteroatoms. The van der Waals surface area contributed by atoms with Gasteiger partial charge in [0.25, 0.3) is 5.91 Å². The number of amides is 1. The molecular formula is C16H17NO4. The molecule has 1 amide bonds. The second kappa shape index (κ2) is 5.60. The van der Waals surface area contributed by atoms with Gasteiger partial charge in [-0.1, -0.05) is 0 Å². The molecule has 1 heterocycles. The van der Waals surface area contributed by atoms with Crippen molar-refractivity contribution in [1.29, 1.82) is 0 Å². The van der Waals surface area contributed by atoms with Crippen molar-refractivity contribution in [2.75, 3.05) is 13.2 Å². The molecule has 0 saturated heterocycles. The molecule has 5 nitrogen and oxygen atoms in total. The average molecular weight is 287 g/mol. The van der Waals surface area contributed by atoms with Gasteiger partial charge in [0.2, 0.25) is 0 Å². The van der Waals surface area contributed by atoms with Crippen LogP contribution < -0.4 is 10.4 Å². The molecule has 110 valence electrons. The molecule has 1 fully saturated rings. The van der Waals surface area contributed by atoms with Gasteiger partial charge in [0.15, 0.2) is 6.61 Å². The highest BCUT2D eigenvalue weighted by atomic mass is 16.5. The predicted octanol–water partition coefficient (Wildman–Crippen LogP) is 2.18. The maximum absolute atomic E-state index is 12.1. The van der Waals surface area contributed by atoms with Crippen molar-refractivity contribution in [3.8, 4) is 5.75 Å². The molecule has 0 radical (unpaired) electrons. The molecule has 0 bridgehead atoms. The van der Waals surface area contributed by atoms with Crippen LogP contribution >= 0.6 is 0 Å². The van der Waals surface area contributed by atoms with E-state index in [1.165, 1.54) is 6.07 Å². The Morgan fingerprint density at radius 1 is 1.33 bits per heavy atom. The Bertz CT molecular complexity index is 718. The largest absolute Gasteiger partial charge is 0.484 e. The van der Waals surface area contributed by atoms with Crippen LogP contribution in [0.25, 0.3) is 11.0 Å². The number of ether oxygens (including phenoxy) is 1. The molecular weight excluding hydrogens is 270 g/mol. The zero-order chi connectivity index (χ0) is 14.8. The Kier molecular flexibility index (Phi) is 3.64. The van der Waals surface area contributed by atoms with Crippen LogP contribution in [0.15, 0.2) is 39.5 Å². The van der Waals surface area contributed by atoms with E-state index in [2.05, 4.69) is 0 Å². The van der Waals surface area contributed by atoms with E-state index in [0.29, 0.717) is 23.9 Å². The van der Waals surface area contributed by atoms with Gasteiger partial charge in [-0.05, 0) is 38.0 Å². The molecule has 1 aliphatic rings. The van der Waals surface area contributed by atoms with Crippen LogP contribution in [0.5, 0.6) is 5.75 Å². The Morgan fingerprint density at radius 3 is 2.81 bits per heavy atom. The SMILES string of the molecule is CCN(C(=O)COc1ccc2ccc(=O)oc2c1)C1CC1. The summed E-state index contributed by atoms with van der Waals surface area (Å²) in [6, 6.07) is 8.67. The van der Waals surface area contributed by atoms with Gasteiger partial charge in [-0.15, -0.1) is 0 Å². The van der Waals surface area contributed by atoms with Crippen LogP contribution in [0.1, 0.15) is 19.8 Å². The van der Waals surface area contributed by atoms with E-state index in [1.807, 2.05) is 11.8 Å². The van der Waals surface area contributed by atoms with Gasteiger partial charge < -0.3 is 14.1 Å². The van der Waals surface area contributed by atoms with Gasteiger partial charge in [0.1, 0.15) is 11.3 Å². The van der Waals surface area contributed by atoms with Gasteiger partial charge in [0.05, 0.1) is 0 Å². The predicted molar refractivity (Wildman–Crippen MR) is 78.4 cm³/mol. The highest BCUT2D eigenvalue weighted by Gasteiger charge is 2.31. The van der Waals surface area contributed by atoms with Crippen LogP contribution in [0, 0.1) is 0 Å². The molecule has 2 aromatic rings. The van der Waals surface area contributed by atoms with Gasteiger partial charge in [-0.2, -0.15) is 0 Å². The van der Waals surface area contributed by atoms with Crippen molar-refractivity contribution >= 4 is 16.9 Å². The number of benzene rings is 1. The molecule has 1 aliphatic carbocycles. The first kappa shape index (κ1) is 13.7. The van der Waals surface area contributed by atoms with E-state index in [0.717, 1.165) is 18.2 Å². The fourth-order valence-corrected chi connectivity index (χ4v) is 2.38. The first-order valence-corrected chi connectivity index (χ1v) is 7.13. The standard InChI is InChI=1S/C16H17NO4/c1-2-17(12-5-6-12)15(18)10-20-13-7-3-11-4-8-16(19)21-14(11)9-13/h3-4,7-9,12H,2,5-6,10H2,1H3. The van der Waals surface area contributed by atoms with E-state index in [4.69, 9.17) is 9.15 Å². The maximum Gasteiger partial charge on any atom is 0.336 e. The Labute approximate surface area is 122 Å². The second-order valence-electron chi connectivity index (χ2n) is 5.15. The van der Waals surface area contributed by atoms with Crippen molar-refractivity contribution in [2.24, 2.45) is 0 Å². The van der Waals surface area contributed by atoms with Crippen molar-refractivity contribution < 1.29 is 13.9 Å². The highest BCUT2D eigenvalue weighted by molar-refractivity contribution is 5.79. The molecule has 0 unspecified atom stereocenters. The molecule has 0 aliphatic heterocycles. The summed E-state index contributed by atoms with van der Waals surface area (Å²) in [7, 11) is 0. The third kappa shape index (κ3) is 3.07. The van der Waals surface area contributed by atoms with Crippen molar-refractivity contribution in [3.63, 3.8) is 0 Å². The van der Waals surface area contributed by atoms with E-state index >= 15 is 0 Å². The van der Waals surface area contributed by atoms with Crippen LogP contribution in [0.2, 0.25) is 0 Å². The molecule has 1 aromatic carbocycles. The van der Waals surface area contributed by atoms with Crippen molar-refractivity contribution in [1.82, 2.24) is 4.90 Å². The highest BCUT2D eigenvalue weighted by Crippen LogP contribution is 2.26. The topological polar surface area (TPSA) is 59.8 Å². The van der Waals surface area contributed by atoms with Gasteiger partial charge >= 0.3 is 5.63 Å². The first-order valence-electron chi connectivity index (χ1n) is 7.13. The number of hydrogen-bond acceptors (Lipinski definition) is 4. The quantitative estimate of drug-likeness (QED) is 0.791. The average Bonchev–Trinajstić information content (AvgIpc) is 3.30. The van der Waals surface area contributed by atoms with Crippen molar-refractivity contribution in [2.45, 2.75) is 25.8 Å². The number of nitrogens with zero attached hydrogens (tertiary/aromatic N) is 1. The second-order valence-corrected chi connectivity index (χ2v) is 5.15. The molecule has 0 atom stereocenters. The Balaban J connectivity index is 1.69. The Hall–Kier alpha value is -2.30. The molecule has 21 heavy (non-hydrogen) atoms. The van der Waals surface area contributed by atoms with Crippen LogP contribution in [-0.4, -0.2) is 30.0 Å². The summed E-state index contributed by atoms with van der Waals surface area (Å²) in [6.45, 7) is 2.69. The molecule has 0 spiro atoms. The summed E-state index contributed by atoms with van der Waals surface area (Å²) < 4.78 is 10.6. The third-order valence-electron chi connectivity index (χ3n) is 3.61. The summed E-state index contributed by atoms with van der Waals surface area (Å²) in [4.78, 5) is 25.1. The van der Waals surface area contributed by atoms with Gasteiger partial charge in [-0.25, -0.2) is 4.79 Å². The lowest BCUT2D eigenvalue weighted by Crippen LogP contribution is -2.36. The fraction of sp³-hybridized carbons (Fsp3) is 0.375. The lowest BCUT2D eigenvalue weighted by atomic mass is 10.2. The minimum Gasteiger partial charge on any atom is -0.484 e. The van der Waals surface area contributed by atoms with Crippen molar-refractivity contribution in [3.05, 3.63) is 40.8 Å². The number of carbonyl (C=O) groups excluding carboxylic acids is 1. The maximum atomic E-state index is 12.1. The molecule has 1 aromatic heterocycles. The van der Waals surface area contributed by atoms with Gasteiger partial charge in [-0.3, -0.25) is 4.79 Å². The smallest absolute Gasteiger partial charge is 0.336 e. The van der Waals surface area contributed by atoms with Gasteiger partial charge in [0, 0.05) is 30.1 Å². The first-order chi connectivity index (χ1) is 10.2. The minimum atomic E-state index is -0.401. The molecule has 0 N–H and O–H groups in total. The third-order valence-corrected chi connectivity index (χ3v) is 3.61. The molecule has 3 rings (SSSR count). The molecule has 1 saturated carbocycles. The number of rotatable bonds is 5. The zero-order valence-corrected chi connectivity index (χ0v) is 11.9. The van der Waals surface area contributed by atoms with E-state index in [1.54, 1.807) is 24.3 Å². The number of carbonyl (C=O) groups is 1. The number of hydrogen-bond donors (Lipinski definition) is 0. The summed E-state index contributed by atoms with van der Waals surface area (Å²) >= 11 is 0. The summed E-state index contributed by atoms with van der Waals surface area (Å²) in [5, 5.41) is 0.821. The fourth-order valence-electron chi connectivity index (χ4n) is 2.38. The monoisotopic (exact) mass is 287 g/mol.